The number of amides is 1. The van der Waals surface area contributed by atoms with Crippen LogP contribution in [-0.2, 0) is 4.74 Å². The summed E-state index contributed by atoms with van der Waals surface area (Å²) in [5.74, 6) is 0.651. The minimum atomic E-state index is -0.588. The largest absolute Gasteiger partial charge is 0.453 e. The van der Waals surface area contributed by atoms with Crippen LogP contribution in [0.25, 0.3) is 34.0 Å². The minimum absolute atomic E-state index is 0.314. The van der Waals surface area contributed by atoms with E-state index >= 15 is 0 Å². The highest BCUT2D eigenvalue weighted by Crippen LogP contribution is 2.25. The highest BCUT2D eigenvalue weighted by molar-refractivity contribution is 5.83. The number of halogens is 1. The molecule has 0 atom stereocenters. The highest BCUT2D eigenvalue weighted by Gasteiger charge is 2.13. The number of pyridine rings is 2. The van der Waals surface area contributed by atoms with Crippen LogP contribution < -0.4 is 5.32 Å². The number of methoxy groups -OCH3 is 1. The fourth-order valence-electron chi connectivity index (χ4n) is 3.31. The lowest BCUT2D eigenvalue weighted by molar-refractivity contribution is 0.187. The molecule has 0 saturated heterocycles. The molecular formula is C22H16FN7O2. The van der Waals surface area contributed by atoms with Crippen LogP contribution in [0.3, 0.4) is 0 Å². The third kappa shape index (κ3) is 3.54. The van der Waals surface area contributed by atoms with E-state index in [1.54, 1.807) is 35.3 Å². The summed E-state index contributed by atoms with van der Waals surface area (Å²) >= 11 is 0. The van der Waals surface area contributed by atoms with Crippen molar-refractivity contribution in [1.29, 1.82) is 0 Å². The van der Waals surface area contributed by atoms with Gasteiger partial charge in [-0.15, -0.1) is 0 Å². The molecule has 158 valence electrons. The number of aromatic nitrogens is 6. The molecule has 1 aromatic carbocycles. The van der Waals surface area contributed by atoms with Crippen molar-refractivity contribution < 1.29 is 13.9 Å². The summed E-state index contributed by atoms with van der Waals surface area (Å²) in [5.41, 5.74) is 3.85. The molecule has 9 nitrogen and oxygen atoms in total. The maximum atomic E-state index is 13.3. The summed E-state index contributed by atoms with van der Waals surface area (Å²) in [5, 5.41) is 6.86. The third-order valence-electron chi connectivity index (χ3n) is 4.86. The second-order valence-corrected chi connectivity index (χ2v) is 6.81. The monoisotopic (exact) mass is 429 g/mol. The fraction of sp³-hybridized carbons (Fsp3) is 0.0455. The van der Waals surface area contributed by atoms with Crippen LogP contribution in [0.1, 0.15) is 0 Å². The molecule has 4 aromatic heterocycles. The highest BCUT2D eigenvalue weighted by atomic mass is 19.1. The number of anilines is 1. The van der Waals surface area contributed by atoms with Crippen LogP contribution in [0.15, 0.2) is 73.4 Å². The van der Waals surface area contributed by atoms with Gasteiger partial charge in [0.2, 0.25) is 0 Å². The fourth-order valence-corrected chi connectivity index (χ4v) is 3.31. The maximum Gasteiger partial charge on any atom is 0.412 e. The second kappa shape index (κ2) is 7.91. The Hall–Kier alpha value is -4.60. The molecule has 0 unspecified atom stereocenters. The van der Waals surface area contributed by atoms with Crippen molar-refractivity contribution in [1.82, 2.24) is 29.1 Å². The number of ether oxygens (including phenoxy) is 1. The topological polar surface area (TPSA) is 99.2 Å². The van der Waals surface area contributed by atoms with Gasteiger partial charge in [0, 0.05) is 23.5 Å². The van der Waals surface area contributed by atoms with E-state index in [1.165, 1.54) is 25.6 Å². The van der Waals surface area contributed by atoms with Gasteiger partial charge in [0.05, 0.1) is 24.7 Å². The van der Waals surface area contributed by atoms with Crippen molar-refractivity contribution >= 4 is 17.6 Å². The Kier molecular flexibility index (Phi) is 4.79. The van der Waals surface area contributed by atoms with Crippen LogP contribution in [0, 0.1) is 5.82 Å². The first-order valence-corrected chi connectivity index (χ1v) is 9.57. The molecule has 0 bridgehead atoms. The summed E-state index contributed by atoms with van der Waals surface area (Å²) in [6.45, 7) is 0. The van der Waals surface area contributed by atoms with E-state index in [0.717, 1.165) is 28.2 Å². The van der Waals surface area contributed by atoms with Crippen LogP contribution in [0.5, 0.6) is 0 Å². The van der Waals surface area contributed by atoms with E-state index in [-0.39, 0.29) is 5.82 Å². The lowest BCUT2D eigenvalue weighted by Crippen LogP contribution is -2.11. The van der Waals surface area contributed by atoms with Gasteiger partial charge in [-0.2, -0.15) is 5.10 Å². The normalized spacial score (nSPS) is 10.9. The Morgan fingerprint density at radius 3 is 2.53 bits per heavy atom. The first-order valence-electron chi connectivity index (χ1n) is 9.57. The van der Waals surface area contributed by atoms with Crippen LogP contribution >= 0.6 is 0 Å². The summed E-state index contributed by atoms with van der Waals surface area (Å²) in [6, 6.07) is 13.4. The number of fused-ring (bicyclic) bond motifs is 1. The Balaban J connectivity index is 1.52. The number of rotatable bonds is 4. The Morgan fingerprint density at radius 1 is 0.969 bits per heavy atom. The van der Waals surface area contributed by atoms with Gasteiger partial charge in [-0.1, -0.05) is 0 Å². The number of nitrogens with zero attached hydrogens (tertiary/aromatic N) is 6. The van der Waals surface area contributed by atoms with Crippen molar-refractivity contribution in [3.05, 3.63) is 79.3 Å². The molecule has 0 saturated carbocycles. The van der Waals surface area contributed by atoms with Gasteiger partial charge < -0.3 is 4.74 Å². The predicted molar refractivity (Wildman–Crippen MR) is 115 cm³/mol. The van der Waals surface area contributed by atoms with E-state index in [0.29, 0.717) is 11.6 Å². The standard InChI is InChI=1S/C22H16FN7O2/c1-32-22(31)28-19-8-4-15(10-24-19)18-11-25-20-9-7-17(12-29(18)20)30-21(26-13-27-30)14-2-5-16(23)6-3-14/h2-13H,1H3,(H,24,28,31). The Morgan fingerprint density at radius 2 is 1.78 bits per heavy atom. The zero-order valence-electron chi connectivity index (χ0n) is 16.8. The van der Waals surface area contributed by atoms with Crippen LogP contribution in [-0.4, -0.2) is 42.3 Å². The van der Waals surface area contributed by atoms with Gasteiger partial charge in [0.25, 0.3) is 0 Å². The third-order valence-corrected chi connectivity index (χ3v) is 4.86. The second-order valence-electron chi connectivity index (χ2n) is 6.81. The average Bonchev–Trinajstić information content (AvgIpc) is 3.47. The van der Waals surface area contributed by atoms with Crippen molar-refractivity contribution in [2.24, 2.45) is 0 Å². The summed E-state index contributed by atoms with van der Waals surface area (Å²) in [7, 11) is 1.29. The molecule has 5 rings (SSSR count). The number of nitrogens with one attached hydrogen (secondary N) is 1. The smallest absolute Gasteiger partial charge is 0.412 e. The molecule has 0 aliphatic heterocycles. The van der Waals surface area contributed by atoms with E-state index < -0.39 is 6.09 Å². The molecule has 0 fully saturated rings. The molecule has 0 aliphatic carbocycles. The minimum Gasteiger partial charge on any atom is -0.453 e. The Bertz CT molecular complexity index is 1410. The van der Waals surface area contributed by atoms with E-state index in [1.807, 2.05) is 28.8 Å². The maximum absolute atomic E-state index is 13.3. The number of imidazole rings is 1. The molecule has 4 heterocycles. The van der Waals surface area contributed by atoms with Crippen LogP contribution in [0.4, 0.5) is 15.0 Å². The van der Waals surface area contributed by atoms with Gasteiger partial charge in [0.15, 0.2) is 5.82 Å². The molecule has 10 heteroatoms. The molecule has 0 radical (unpaired) electrons. The number of hydrogen-bond acceptors (Lipinski definition) is 6. The van der Waals surface area contributed by atoms with Crippen molar-refractivity contribution in [3.8, 4) is 28.3 Å². The molecule has 1 N–H and O–H groups in total. The number of carbonyl (C=O) groups excluding carboxylic acids is 1. The molecule has 0 spiro atoms. The van der Waals surface area contributed by atoms with Crippen molar-refractivity contribution in [2.45, 2.75) is 0 Å². The first kappa shape index (κ1) is 19.4. The molecule has 0 aliphatic rings. The number of carbonyl (C=O) groups is 1. The summed E-state index contributed by atoms with van der Waals surface area (Å²) < 4.78 is 21.5. The van der Waals surface area contributed by atoms with Crippen LogP contribution in [0.2, 0.25) is 0 Å². The molecule has 5 aromatic rings. The van der Waals surface area contributed by atoms with E-state index in [9.17, 15) is 9.18 Å². The van der Waals surface area contributed by atoms with Gasteiger partial charge in [-0.25, -0.2) is 28.8 Å². The first-order chi connectivity index (χ1) is 15.6. The summed E-state index contributed by atoms with van der Waals surface area (Å²) in [6.07, 6.45) is 6.13. The molecule has 1 amide bonds. The van der Waals surface area contributed by atoms with Crippen molar-refractivity contribution in [2.75, 3.05) is 12.4 Å². The van der Waals surface area contributed by atoms with Gasteiger partial charge >= 0.3 is 6.09 Å². The zero-order valence-corrected chi connectivity index (χ0v) is 16.8. The quantitative estimate of drug-likeness (QED) is 0.464. The Labute approximate surface area is 181 Å². The predicted octanol–water partition coefficient (Wildman–Crippen LogP) is 3.96. The van der Waals surface area contributed by atoms with Gasteiger partial charge in [-0.05, 0) is 48.5 Å². The van der Waals surface area contributed by atoms with Gasteiger partial charge in [0.1, 0.15) is 23.6 Å². The lowest BCUT2D eigenvalue weighted by atomic mass is 10.2. The SMILES string of the molecule is COC(=O)Nc1ccc(-c2cnc3ccc(-n4ncnc4-c4ccc(F)cc4)cn23)cn1. The van der Waals surface area contributed by atoms with Gasteiger partial charge in [-0.3, -0.25) is 9.72 Å². The van der Waals surface area contributed by atoms with E-state index in [2.05, 4.69) is 30.1 Å². The van der Waals surface area contributed by atoms with Crippen molar-refractivity contribution in [3.63, 3.8) is 0 Å². The summed E-state index contributed by atoms with van der Waals surface area (Å²) in [4.78, 5) is 24.4. The lowest BCUT2D eigenvalue weighted by Gasteiger charge is -2.09. The average molecular weight is 429 g/mol. The van der Waals surface area contributed by atoms with E-state index in [4.69, 9.17) is 0 Å². The zero-order chi connectivity index (χ0) is 22.1. The number of benzene rings is 1. The molecular weight excluding hydrogens is 413 g/mol. The molecule has 32 heavy (non-hydrogen) atoms. The number of hydrogen-bond donors (Lipinski definition) is 1.